The van der Waals surface area contributed by atoms with Crippen LogP contribution in [0.25, 0.3) is 11.1 Å². The normalized spacial score (nSPS) is 11.4. The lowest BCUT2D eigenvalue weighted by atomic mass is 9.96. The highest BCUT2D eigenvalue weighted by molar-refractivity contribution is 5.69. The van der Waals surface area contributed by atoms with Crippen molar-refractivity contribution in [3.63, 3.8) is 0 Å². The van der Waals surface area contributed by atoms with Gasteiger partial charge in [-0.15, -0.1) is 0 Å². The summed E-state index contributed by atoms with van der Waals surface area (Å²) in [6, 6.07) is 13.0. The van der Waals surface area contributed by atoms with Crippen molar-refractivity contribution >= 4 is 0 Å². The first-order chi connectivity index (χ1) is 18.5. The van der Waals surface area contributed by atoms with Crippen LogP contribution in [-0.4, -0.2) is 105 Å². The van der Waals surface area contributed by atoms with Crippen LogP contribution in [0.15, 0.2) is 36.4 Å². The zero-order valence-corrected chi connectivity index (χ0v) is 24.0. The maximum Gasteiger partial charge on any atom is 0.123 e. The second kappa shape index (κ2) is 19.9. The van der Waals surface area contributed by atoms with Gasteiger partial charge in [0.05, 0.1) is 72.7 Å². The molecule has 0 unspecified atom stereocenters. The van der Waals surface area contributed by atoms with E-state index in [1.54, 1.807) is 7.11 Å². The SMILES string of the molecule is COCCOCCOCCOCCOCCOCCOc1ccc(-c2cc(C)ccc2C)cc1CN(C)C. The molecule has 0 N–H and O–H groups in total. The van der Waals surface area contributed by atoms with Crippen LogP contribution in [0.1, 0.15) is 16.7 Å². The van der Waals surface area contributed by atoms with E-state index < -0.39 is 0 Å². The van der Waals surface area contributed by atoms with Crippen LogP contribution in [0.4, 0.5) is 0 Å². The van der Waals surface area contributed by atoms with E-state index in [4.69, 9.17) is 33.2 Å². The fourth-order valence-electron chi connectivity index (χ4n) is 3.73. The number of aryl methyl sites for hydroxylation is 2. The highest BCUT2D eigenvalue weighted by Crippen LogP contribution is 2.30. The predicted molar refractivity (Wildman–Crippen MR) is 150 cm³/mol. The first kappa shape index (κ1) is 32.2. The van der Waals surface area contributed by atoms with Gasteiger partial charge in [-0.1, -0.05) is 29.8 Å². The van der Waals surface area contributed by atoms with Gasteiger partial charge < -0.3 is 38.1 Å². The molecule has 2 rings (SSSR count). The van der Waals surface area contributed by atoms with Crippen LogP contribution in [0.2, 0.25) is 0 Å². The van der Waals surface area contributed by atoms with Crippen molar-refractivity contribution in [2.75, 3.05) is 100 Å². The van der Waals surface area contributed by atoms with Crippen LogP contribution in [-0.2, 0) is 35.0 Å². The van der Waals surface area contributed by atoms with Crippen molar-refractivity contribution in [2.24, 2.45) is 0 Å². The molecular formula is C30H47NO7. The first-order valence-corrected chi connectivity index (χ1v) is 13.4. The van der Waals surface area contributed by atoms with E-state index in [0.717, 1.165) is 17.9 Å². The second-order valence-electron chi connectivity index (χ2n) is 9.28. The second-order valence-corrected chi connectivity index (χ2v) is 9.28. The molecule has 0 aliphatic heterocycles. The highest BCUT2D eigenvalue weighted by Gasteiger charge is 2.10. The summed E-state index contributed by atoms with van der Waals surface area (Å²) in [6.07, 6.45) is 0. The Balaban J connectivity index is 1.56. The minimum absolute atomic E-state index is 0.490. The molecule has 214 valence electrons. The molecule has 0 amide bonds. The number of nitrogens with zero attached hydrogens (tertiary/aromatic N) is 1. The Hall–Kier alpha value is -2.04. The van der Waals surface area contributed by atoms with Crippen molar-refractivity contribution in [1.29, 1.82) is 0 Å². The van der Waals surface area contributed by atoms with Gasteiger partial charge in [-0.05, 0) is 56.8 Å². The summed E-state index contributed by atoms with van der Waals surface area (Å²) in [7, 11) is 5.79. The van der Waals surface area contributed by atoms with Crippen LogP contribution in [0.5, 0.6) is 5.75 Å². The van der Waals surface area contributed by atoms with Gasteiger partial charge in [-0.3, -0.25) is 0 Å². The van der Waals surface area contributed by atoms with E-state index in [-0.39, 0.29) is 0 Å². The van der Waals surface area contributed by atoms with E-state index in [1.807, 2.05) is 0 Å². The summed E-state index contributed by atoms with van der Waals surface area (Å²) in [4.78, 5) is 2.15. The summed E-state index contributed by atoms with van der Waals surface area (Å²) in [6.45, 7) is 11.6. The van der Waals surface area contributed by atoms with E-state index in [9.17, 15) is 0 Å². The van der Waals surface area contributed by atoms with Crippen LogP contribution < -0.4 is 4.74 Å². The molecule has 0 fully saturated rings. The Labute approximate surface area is 229 Å². The van der Waals surface area contributed by atoms with Crippen molar-refractivity contribution < 1.29 is 33.2 Å². The minimum Gasteiger partial charge on any atom is -0.491 e. The van der Waals surface area contributed by atoms with Crippen molar-refractivity contribution in [2.45, 2.75) is 20.4 Å². The smallest absolute Gasteiger partial charge is 0.123 e. The van der Waals surface area contributed by atoms with Gasteiger partial charge in [0.15, 0.2) is 0 Å². The van der Waals surface area contributed by atoms with E-state index in [2.05, 4.69) is 69.2 Å². The van der Waals surface area contributed by atoms with Crippen LogP contribution in [0.3, 0.4) is 0 Å². The Morgan fingerprint density at radius 1 is 0.605 bits per heavy atom. The number of methoxy groups -OCH3 is 1. The lowest BCUT2D eigenvalue weighted by Crippen LogP contribution is -2.15. The first-order valence-electron chi connectivity index (χ1n) is 13.4. The maximum absolute atomic E-state index is 6.07. The number of rotatable bonds is 22. The molecule has 0 atom stereocenters. The maximum atomic E-state index is 6.07. The molecule has 0 aliphatic carbocycles. The molecule has 2 aromatic carbocycles. The average molecular weight is 534 g/mol. The standard InChI is InChI=1S/C30H47NO7/c1-25-6-7-26(2)29(22-25)27-8-9-30(28(23-27)24-31(3)4)38-21-20-37-19-18-36-17-16-35-15-14-34-13-12-33-11-10-32-5/h6-9,22-23H,10-21,24H2,1-5H3. The molecule has 0 aromatic heterocycles. The Bertz CT molecular complexity index is 891. The monoisotopic (exact) mass is 533 g/mol. The van der Waals surface area contributed by atoms with Crippen molar-refractivity contribution in [3.8, 4) is 16.9 Å². The van der Waals surface area contributed by atoms with Crippen LogP contribution in [0, 0.1) is 13.8 Å². The summed E-state index contributed by atoms with van der Waals surface area (Å²) in [5.74, 6) is 0.896. The van der Waals surface area contributed by atoms with Gasteiger partial charge >= 0.3 is 0 Å². The van der Waals surface area contributed by atoms with Crippen LogP contribution >= 0.6 is 0 Å². The van der Waals surface area contributed by atoms with E-state index in [1.165, 1.54) is 22.3 Å². The highest BCUT2D eigenvalue weighted by atomic mass is 16.6. The molecule has 0 bridgehead atoms. The van der Waals surface area contributed by atoms with Gasteiger partial charge in [0.1, 0.15) is 12.4 Å². The molecule has 0 aliphatic rings. The topological polar surface area (TPSA) is 67.9 Å². The molecule has 8 heteroatoms. The molecule has 0 heterocycles. The van der Waals surface area contributed by atoms with Crippen molar-refractivity contribution in [3.05, 3.63) is 53.1 Å². The van der Waals surface area contributed by atoms with Gasteiger partial charge in [0.25, 0.3) is 0 Å². The summed E-state index contributed by atoms with van der Waals surface area (Å²) in [5, 5.41) is 0. The molecule has 8 nitrogen and oxygen atoms in total. The van der Waals surface area contributed by atoms with Gasteiger partial charge in [-0.2, -0.15) is 0 Å². The number of benzene rings is 2. The lowest BCUT2D eigenvalue weighted by molar-refractivity contribution is -0.0159. The third-order valence-electron chi connectivity index (χ3n) is 5.66. The van der Waals surface area contributed by atoms with E-state index >= 15 is 0 Å². The number of hydrogen-bond acceptors (Lipinski definition) is 8. The molecule has 0 radical (unpaired) electrons. The third-order valence-corrected chi connectivity index (χ3v) is 5.66. The van der Waals surface area contributed by atoms with Gasteiger partial charge in [0, 0.05) is 19.2 Å². The fraction of sp³-hybridized carbons (Fsp3) is 0.600. The Morgan fingerprint density at radius 3 is 1.66 bits per heavy atom. The zero-order chi connectivity index (χ0) is 27.4. The molecule has 0 saturated carbocycles. The van der Waals surface area contributed by atoms with Gasteiger partial charge in [-0.25, -0.2) is 0 Å². The summed E-state index contributed by atoms with van der Waals surface area (Å²) >= 11 is 0. The third kappa shape index (κ3) is 13.7. The van der Waals surface area contributed by atoms with E-state index in [0.29, 0.717) is 79.3 Å². The quantitative estimate of drug-likeness (QED) is 0.209. The summed E-state index contributed by atoms with van der Waals surface area (Å²) < 4.78 is 38.4. The lowest BCUT2D eigenvalue weighted by Gasteiger charge is -2.17. The fourth-order valence-corrected chi connectivity index (χ4v) is 3.73. The van der Waals surface area contributed by atoms with Gasteiger partial charge in [0.2, 0.25) is 0 Å². The number of hydrogen-bond donors (Lipinski definition) is 0. The predicted octanol–water partition coefficient (Wildman–Crippen LogP) is 4.14. The Kier molecular flexibility index (Phi) is 16.9. The zero-order valence-electron chi connectivity index (χ0n) is 24.0. The largest absolute Gasteiger partial charge is 0.491 e. The molecule has 2 aromatic rings. The Morgan fingerprint density at radius 2 is 1.13 bits per heavy atom. The molecule has 0 spiro atoms. The molecule has 0 saturated heterocycles. The molecular weight excluding hydrogens is 486 g/mol. The summed E-state index contributed by atoms with van der Waals surface area (Å²) in [5.41, 5.74) is 6.17. The average Bonchev–Trinajstić information content (AvgIpc) is 2.89. The minimum atomic E-state index is 0.490. The molecule has 38 heavy (non-hydrogen) atoms. The van der Waals surface area contributed by atoms with Crippen molar-refractivity contribution in [1.82, 2.24) is 4.90 Å². The number of ether oxygens (including phenoxy) is 7.